The summed E-state index contributed by atoms with van der Waals surface area (Å²) in [6, 6.07) is 0. The molecule has 0 saturated carbocycles. The molecule has 5 nitrogen and oxygen atoms in total. The number of nitrogens with zero attached hydrogens (tertiary/aromatic N) is 3. The molecule has 90 valence electrons. The van der Waals surface area contributed by atoms with Crippen LogP contribution in [0.25, 0.3) is 0 Å². The van der Waals surface area contributed by atoms with Gasteiger partial charge in [0.25, 0.3) is 0 Å². The second-order valence-electron chi connectivity index (χ2n) is 3.62. The number of anilines is 1. The summed E-state index contributed by atoms with van der Waals surface area (Å²) in [5.74, 6) is 0.825. The van der Waals surface area contributed by atoms with E-state index >= 15 is 0 Å². The lowest BCUT2D eigenvalue weighted by Gasteiger charge is -2.23. The van der Waals surface area contributed by atoms with Gasteiger partial charge in [-0.25, -0.2) is 4.98 Å². The normalized spacial score (nSPS) is 10.5. The summed E-state index contributed by atoms with van der Waals surface area (Å²) in [5.41, 5.74) is 1.75. The number of hydrogen-bond donors (Lipinski definition) is 1. The number of hydrogen-bond acceptors (Lipinski definition) is 5. The Labute approximate surface area is 96.1 Å². The van der Waals surface area contributed by atoms with Crippen molar-refractivity contribution in [2.75, 3.05) is 38.3 Å². The molecule has 1 aromatic heterocycles. The summed E-state index contributed by atoms with van der Waals surface area (Å²) in [6.07, 6.45) is 1.74. The number of aromatic nitrogens is 2. The van der Waals surface area contributed by atoms with E-state index in [0.717, 1.165) is 17.2 Å². The molecular weight excluding hydrogens is 206 g/mol. The van der Waals surface area contributed by atoms with E-state index < -0.39 is 0 Å². The maximum absolute atomic E-state index is 9.03. The average molecular weight is 225 g/mol. The molecule has 0 amide bonds. The van der Waals surface area contributed by atoms with Crippen molar-refractivity contribution in [1.29, 1.82) is 0 Å². The van der Waals surface area contributed by atoms with Crippen LogP contribution in [0.2, 0.25) is 0 Å². The van der Waals surface area contributed by atoms with Gasteiger partial charge in [-0.15, -0.1) is 0 Å². The van der Waals surface area contributed by atoms with Crippen LogP contribution in [-0.2, 0) is 4.74 Å². The molecule has 0 aromatic carbocycles. The summed E-state index contributed by atoms with van der Waals surface area (Å²) < 4.78 is 5.04. The first kappa shape index (κ1) is 12.9. The largest absolute Gasteiger partial charge is 0.395 e. The highest BCUT2D eigenvalue weighted by molar-refractivity contribution is 5.43. The van der Waals surface area contributed by atoms with Crippen LogP contribution in [0.5, 0.6) is 0 Å². The van der Waals surface area contributed by atoms with Crippen molar-refractivity contribution in [3.8, 4) is 0 Å². The SMILES string of the molecule is COCCN(CCO)c1nc(C)cnc1C. The van der Waals surface area contributed by atoms with Crippen LogP contribution >= 0.6 is 0 Å². The number of ether oxygens (including phenoxy) is 1. The molecule has 0 radical (unpaired) electrons. The number of aryl methyl sites for hydroxylation is 2. The summed E-state index contributed by atoms with van der Waals surface area (Å²) in [4.78, 5) is 10.7. The molecule has 1 aromatic rings. The van der Waals surface area contributed by atoms with Gasteiger partial charge in [-0.2, -0.15) is 0 Å². The first-order valence-corrected chi connectivity index (χ1v) is 5.34. The van der Waals surface area contributed by atoms with Crippen molar-refractivity contribution >= 4 is 5.82 Å². The molecule has 1 rings (SSSR count). The average Bonchev–Trinajstić information content (AvgIpc) is 2.28. The van der Waals surface area contributed by atoms with E-state index in [2.05, 4.69) is 9.97 Å². The molecule has 0 aliphatic carbocycles. The Morgan fingerprint density at radius 1 is 1.38 bits per heavy atom. The fraction of sp³-hybridized carbons (Fsp3) is 0.636. The molecule has 0 saturated heterocycles. The molecule has 1 N–H and O–H groups in total. The summed E-state index contributed by atoms with van der Waals surface area (Å²) in [7, 11) is 1.66. The minimum absolute atomic E-state index is 0.0960. The Morgan fingerprint density at radius 3 is 2.75 bits per heavy atom. The van der Waals surface area contributed by atoms with Gasteiger partial charge < -0.3 is 14.7 Å². The maximum Gasteiger partial charge on any atom is 0.150 e. The molecule has 0 spiro atoms. The molecule has 1 heterocycles. The third-order valence-electron chi connectivity index (χ3n) is 2.29. The quantitative estimate of drug-likeness (QED) is 0.765. The van der Waals surface area contributed by atoms with Crippen molar-refractivity contribution in [3.05, 3.63) is 17.6 Å². The smallest absolute Gasteiger partial charge is 0.150 e. The van der Waals surface area contributed by atoms with Crippen LogP contribution in [0, 0.1) is 13.8 Å². The van der Waals surface area contributed by atoms with Crippen molar-refractivity contribution in [3.63, 3.8) is 0 Å². The van der Waals surface area contributed by atoms with Crippen LogP contribution < -0.4 is 4.90 Å². The second-order valence-corrected chi connectivity index (χ2v) is 3.62. The Kier molecular flexibility index (Phi) is 5.14. The number of rotatable bonds is 6. The predicted octanol–water partition coefficient (Wildman–Crippen LogP) is 0.539. The van der Waals surface area contributed by atoms with Gasteiger partial charge in [-0.1, -0.05) is 0 Å². The summed E-state index contributed by atoms with van der Waals surface area (Å²) in [6.45, 7) is 5.77. The molecular formula is C11H19N3O2. The van der Waals surface area contributed by atoms with E-state index in [1.807, 2.05) is 18.7 Å². The topological polar surface area (TPSA) is 58.5 Å². The van der Waals surface area contributed by atoms with Gasteiger partial charge in [-0.3, -0.25) is 4.98 Å². The minimum atomic E-state index is 0.0960. The van der Waals surface area contributed by atoms with E-state index in [0.29, 0.717) is 19.7 Å². The van der Waals surface area contributed by atoms with Crippen LogP contribution in [0.4, 0.5) is 5.82 Å². The molecule has 0 unspecified atom stereocenters. The van der Waals surface area contributed by atoms with Gasteiger partial charge in [0, 0.05) is 26.4 Å². The zero-order valence-corrected chi connectivity index (χ0v) is 10.1. The van der Waals surface area contributed by atoms with Gasteiger partial charge >= 0.3 is 0 Å². The fourth-order valence-corrected chi connectivity index (χ4v) is 1.47. The molecule has 0 fully saturated rings. The van der Waals surface area contributed by atoms with Gasteiger partial charge in [0.15, 0.2) is 0 Å². The van der Waals surface area contributed by atoms with Gasteiger partial charge in [0.1, 0.15) is 5.82 Å². The van der Waals surface area contributed by atoms with Crippen LogP contribution in [0.1, 0.15) is 11.4 Å². The maximum atomic E-state index is 9.03. The van der Waals surface area contributed by atoms with Crippen LogP contribution in [0.3, 0.4) is 0 Å². The standard InChI is InChI=1S/C11H19N3O2/c1-9-8-12-10(2)11(13-9)14(4-6-15)5-7-16-3/h8,15H,4-7H2,1-3H3. The second kappa shape index (κ2) is 6.40. The Morgan fingerprint density at radius 2 is 2.12 bits per heavy atom. The highest BCUT2D eigenvalue weighted by Crippen LogP contribution is 2.14. The highest BCUT2D eigenvalue weighted by atomic mass is 16.5. The third-order valence-corrected chi connectivity index (χ3v) is 2.29. The van der Waals surface area contributed by atoms with Gasteiger partial charge in [0.2, 0.25) is 0 Å². The van der Waals surface area contributed by atoms with Crippen molar-refractivity contribution in [2.24, 2.45) is 0 Å². The fourth-order valence-electron chi connectivity index (χ4n) is 1.47. The van der Waals surface area contributed by atoms with Crippen molar-refractivity contribution in [1.82, 2.24) is 9.97 Å². The molecule has 5 heteroatoms. The van der Waals surface area contributed by atoms with E-state index in [-0.39, 0.29) is 6.61 Å². The third kappa shape index (κ3) is 3.43. The Hall–Kier alpha value is -1.20. The van der Waals surface area contributed by atoms with Crippen LogP contribution in [0.15, 0.2) is 6.20 Å². The lowest BCUT2D eigenvalue weighted by atomic mass is 10.3. The van der Waals surface area contributed by atoms with Crippen molar-refractivity contribution in [2.45, 2.75) is 13.8 Å². The molecule has 0 bridgehead atoms. The first-order chi connectivity index (χ1) is 7.69. The minimum Gasteiger partial charge on any atom is -0.395 e. The van der Waals surface area contributed by atoms with E-state index in [4.69, 9.17) is 9.84 Å². The monoisotopic (exact) mass is 225 g/mol. The van der Waals surface area contributed by atoms with Crippen LogP contribution in [-0.4, -0.2) is 48.5 Å². The highest BCUT2D eigenvalue weighted by Gasteiger charge is 2.11. The van der Waals surface area contributed by atoms with Gasteiger partial charge in [0.05, 0.1) is 24.6 Å². The lowest BCUT2D eigenvalue weighted by Crippen LogP contribution is -2.31. The lowest BCUT2D eigenvalue weighted by molar-refractivity contribution is 0.202. The van der Waals surface area contributed by atoms with Gasteiger partial charge in [-0.05, 0) is 13.8 Å². The molecule has 0 atom stereocenters. The number of methoxy groups -OCH3 is 1. The van der Waals surface area contributed by atoms with Crippen molar-refractivity contribution < 1.29 is 9.84 Å². The zero-order chi connectivity index (χ0) is 12.0. The predicted molar refractivity (Wildman–Crippen MR) is 62.7 cm³/mol. The van der Waals surface area contributed by atoms with E-state index in [9.17, 15) is 0 Å². The summed E-state index contributed by atoms with van der Waals surface area (Å²) >= 11 is 0. The Balaban J connectivity index is 2.85. The summed E-state index contributed by atoms with van der Waals surface area (Å²) in [5, 5.41) is 9.03. The number of aliphatic hydroxyl groups is 1. The molecule has 16 heavy (non-hydrogen) atoms. The first-order valence-electron chi connectivity index (χ1n) is 5.34. The molecule has 0 aliphatic rings. The molecule has 0 aliphatic heterocycles. The number of aliphatic hydroxyl groups excluding tert-OH is 1. The zero-order valence-electron chi connectivity index (χ0n) is 10.1. The Bertz CT molecular complexity index is 331. The van der Waals surface area contributed by atoms with E-state index in [1.165, 1.54) is 0 Å². The van der Waals surface area contributed by atoms with E-state index in [1.54, 1.807) is 13.3 Å².